The molecular weight excluding hydrogens is 274 g/mol. The molecule has 0 unspecified atom stereocenters. The van der Waals surface area contributed by atoms with Crippen LogP contribution in [0.1, 0.15) is 6.92 Å². The largest absolute Gasteiger partial charge is 0.512 e. The summed E-state index contributed by atoms with van der Waals surface area (Å²) in [5, 5.41) is 13.0. The fourth-order valence-electron chi connectivity index (χ4n) is 1.41. The Kier molecular flexibility index (Phi) is 3.86. The summed E-state index contributed by atoms with van der Waals surface area (Å²) in [6.45, 7) is 2.17. The third-order valence-corrected chi connectivity index (χ3v) is 2.37. The van der Waals surface area contributed by atoms with Gasteiger partial charge in [0.15, 0.2) is 5.82 Å². The van der Waals surface area contributed by atoms with E-state index >= 15 is 0 Å². The van der Waals surface area contributed by atoms with E-state index in [1.165, 1.54) is 16.9 Å². The van der Waals surface area contributed by atoms with Crippen LogP contribution in [-0.2, 0) is 0 Å². The molecule has 0 aliphatic rings. The van der Waals surface area contributed by atoms with Crippen molar-refractivity contribution < 1.29 is 19.4 Å². The number of ether oxygens (including phenoxy) is 2. The monoisotopic (exact) mass is 283 g/mol. The lowest BCUT2D eigenvalue weighted by Gasteiger charge is -2.05. The average molecular weight is 284 g/mol. The molecule has 7 nitrogen and oxygen atoms in total. The fraction of sp³-hybridized carbons (Fsp3) is 0.182. The highest BCUT2D eigenvalue weighted by Crippen LogP contribution is 2.26. The van der Waals surface area contributed by atoms with E-state index in [4.69, 9.17) is 21.4 Å². The van der Waals surface area contributed by atoms with E-state index in [0.717, 1.165) is 0 Å². The van der Waals surface area contributed by atoms with Crippen molar-refractivity contribution in [2.24, 2.45) is 0 Å². The van der Waals surface area contributed by atoms with Crippen LogP contribution >= 0.6 is 11.6 Å². The maximum absolute atomic E-state index is 10.6. The summed E-state index contributed by atoms with van der Waals surface area (Å²) in [4.78, 5) is 14.7. The van der Waals surface area contributed by atoms with Crippen molar-refractivity contribution in [1.82, 2.24) is 14.8 Å². The molecule has 1 N–H and O–H groups in total. The summed E-state index contributed by atoms with van der Waals surface area (Å²) in [5.74, 6) is 0.434. The predicted octanol–water partition coefficient (Wildman–Crippen LogP) is 2.38. The minimum absolute atomic E-state index is 0.0449. The zero-order valence-corrected chi connectivity index (χ0v) is 10.7. The van der Waals surface area contributed by atoms with Gasteiger partial charge in [-0.05, 0) is 19.1 Å². The van der Waals surface area contributed by atoms with Gasteiger partial charge in [-0.25, -0.2) is 9.78 Å². The zero-order valence-electron chi connectivity index (χ0n) is 9.91. The molecule has 0 aliphatic heterocycles. The lowest BCUT2D eigenvalue weighted by molar-refractivity contribution is 0.141. The molecule has 100 valence electrons. The maximum Gasteiger partial charge on any atom is 0.512 e. The second-order valence-corrected chi connectivity index (χ2v) is 3.75. The minimum atomic E-state index is -1.46. The molecule has 2 rings (SSSR count). The van der Waals surface area contributed by atoms with Crippen LogP contribution < -0.4 is 9.47 Å². The third kappa shape index (κ3) is 2.94. The Balaban J connectivity index is 2.48. The molecule has 0 amide bonds. The predicted molar refractivity (Wildman–Crippen MR) is 66.2 cm³/mol. The zero-order chi connectivity index (χ0) is 13.8. The standard InChI is InChI=1S/C11H10ClN3O4/c1-2-18-8-6-9(19-11(16)17)15(14-8)10-7(12)4-3-5-13-10/h3-6H,2H2,1H3,(H,16,17). The van der Waals surface area contributed by atoms with Crippen molar-refractivity contribution in [3.63, 3.8) is 0 Å². The molecule has 2 heterocycles. The number of nitrogens with zero attached hydrogens (tertiary/aromatic N) is 3. The number of halogens is 1. The SMILES string of the molecule is CCOc1cc(OC(=O)O)n(-c2ncccc2Cl)n1. The summed E-state index contributed by atoms with van der Waals surface area (Å²) < 4.78 is 11.0. The Morgan fingerprint density at radius 3 is 3.00 bits per heavy atom. The van der Waals surface area contributed by atoms with Gasteiger partial charge in [0.1, 0.15) is 0 Å². The highest BCUT2D eigenvalue weighted by molar-refractivity contribution is 6.32. The first-order valence-corrected chi connectivity index (χ1v) is 5.74. The summed E-state index contributed by atoms with van der Waals surface area (Å²) in [7, 11) is 0. The Hall–Kier alpha value is -2.28. The molecule has 0 fully saturated rings. The van der Waals surface area contributed by atoms with Crippen LogP contribution in [0.15, 0.2) is 24.4 Å². The van der Waals surface area contributed by atoms with Crippen LogP contribution in [-0.4, -0.2) is 32.6 Å². The van der Waals surface area contributed by atoms with E-state index in [9.17, 15) is 4.79 Å². The molecule has 2 aromatic heterocycles. The van der Waals surface area contributed by atoms with E-state index in [0.29, 0.717) is 11.6 Å². The number of pyridine rings is 1. The topological polar surface area (TPSA) is 86.5 Å². The molecule has 0 bridgehead atoms. The molecule has 2 aromatic rings. The van der Waals surface area contributed by atoms with E-state index in [2.05, 4.69) is 14.8 Å². The van der Waals surface area contributed by atoms with Crippen molar-refractivity contribution >= 4 is 17.8 Å². The van der Waals surface area contributed by atoms with Crippen molar-refractivity contribution in [2.45, 2.75) is 6.92 Å². The second-order valence-electron chi connectivity index (χ2n) is 3.34. The van der Waals surface area contributed by atoms with Gasteiger partial charge in [-0.3, -0.25) is 0 Å². The number of carbonyl (C=O) groups is 1. The van der Waals surface area contributed by atoms with E-state index in [1.54, 1.807) is 19.1 Å². The first kappa shape index (κ1) is 13.2. The normalized spacial score (nSPS) is 10.2. The van der Waals surface area contributed by atoms with Gasteiger partial charge in [-0.2, -0.15) is 4.68 Å². The molecule has 0 saturated heterocycles. The van der Waals surface area contributed by atoms with Crippen LogP contribution in [0.3, 0.4) is 0 Å². The van der Waals surface area contributed by atoms with Gasteiger partial charge in [0.25, 0.3) is 0 Å². The Labute approximate surface area is 113 Å². The van der Waals surface area contributed by atoms with Gasteiger partial charge in [-0.1, -0.05) is 11.6 Å². The van der Waals surface area contributed by atoms with E-state index in [-0.39, 0.29) is 17.6 Å². The van der Waals surface area contributed by atoms with Crippen molar-refractivity contribution in [2.75, 3.05) is 6.61 Å². The number of carboxylic acid groups (broad SMARTS) is 1. The number of hydrogen-bond acceptors (Lipinski definition) is 5. The van der Waals surface area contributed by atoms with Crippen molar-refractivity contribution in [3.8, 4) is 17.6 Å². The van der Waals surface area contributed by atoms with Gasteiger partial charge >= 0.3 is 6.16 Å². The van der Waals surface area contributed by atoms with Crippen molar-refractivity contribution in [3.05, 3.63) is 29.4 Å². The number of hydrogen-bond donors (Lipinski definition) is 1. The number of aromatic nitrogens is 3. The van der Waals surface area contributed by atoms with E-state index in [1.807, 2.05) is 0 Å². The Bertz CT molecular complexity index is 599. The van der Waals surface area contributed by atoms with Gasteiger partial charge in [0.05, 0.1) is 17.7 Å². The number of rotatable bonds is 4. The molecule has 0 spiro atoms. The molecule has 19 heavy (non-hydrogen) atoms. The van der Waals surface area contributed by atoms with Crippen LogP contribution in [0.4, 0.5) is 4.79 Å². The van der Waals surface area contributed by atoms with Gasteiger partial charge < -0.3 is 14.6 Å². The molecule has 0 aromatic carbocycles. The molecule has 8 heteroatoms. The highest BCUT2D eigenvalue weighted by Gasteiger charge is 2.17. The maximum atomic E-state index is 10.6. The lowest BCUT2D eigenvalue weighted by atomic mass is 10.4. The molecular formula is C11H10ClN3O4. The molecule has 0 atom stereocenters. The quantitative estimate of drug-likeness (QED) is 0.867. The van der Waals surface area contributed by atoms with Gasteiger partial charge in [-0.15, -0.1) is 5.10 Å². The third-order valence-electron chi connectivity index (χ3n) is 2.08. The molecule has 0 aliphatic carbocycles. The van der Waals surface area contributed by atoms with Crippen LogP contribution in [0.5, 0.6) is 11.8 Å². The smallest absolute Gasteiger partial charge is 0.477 e. The summed E-state index contributed by atoms with van der Waals surface area (Å²) in [5.41, 5.74) is 0. The first-order chi connectivity index (χ1) is 9.11. The van der Waals surface area contributed by atoms with Gasteiger partial charge in [0, 0.05) is 6.20 Å². The lowest BCUT2D eigenvalue weighted by Crippen LogP contribution is -2.09. The summed E-state index contributed by atoms with van der Waals surface area (Å²) in [6.07, 6.45) is 0.0459. The van der Waals surface area contributed by atoms with Gasteiger partial charge in [0.2, 0.25) is 11.8 Å². The fourth-order valence-corrected chi connectivity index (χ4v) is 1.61. The average Bonchev–Trinajstić information content (AvgIpc) is 2.72. The Morgan fingerprint density at radius 2 is 2.37 bits per heavy atom. The Morgan fingerprint density at radius 1 is 1.58 bits per heavy atom. The molecule has 0 saturated carbocycles. The minimum Gasteiger partial charge on any atom is -0.477 e. The molecule has 0 radical (unpaired) electrons. The highest BCUT2D eigenvalue weighted by atomic mass is 35.5. The first-order valence-electron chi connectivity index (χ1n) is 5.36. The van der Waals surface area contributed by atoms with Crippen LogP contribution in [0, 0.1) is 0 Å². The summed E-state index contributed by atoms with van der Waals surface area (Å²) in [6, 6.07) is 4.61. The van der Waals surface area contributed by atoms with Crippen molar-refractivity contribution in [1.29, 1.82) is 0 Å². The van der Waals surface area contributed by atoms with Crippen LogP contribution in [0.2, 0.25) is 5.02 Å². The second kappa shape index (κ2) is 5.57. The summed E-state index contributed by atoms with van der Waals surface area (Å²) >= 11 is 5.99. The van der Waals surface area contributed by atoms with E-state index < -0.39 is 6.16 Å². The van der Waals surface area contributed by atoms with Crippen LogP contribution in [0.25, 0.3) is 5.82 Å².